The van der Waals surface area contributed by atoms with Gasteiger partial charge in [-0.25, -0.2) is 13.2 Å². The zero-order valence-corrected chi connectivity index (χ0v) is 10.6. The van der Waals surface area contributed by atoms with Crippen LogP contribution in [0.25, 0.3) is 0 Å². The van der Waals surface area contributed by atoms with Gasteiger partial charge in [-0.05, 0) is 18.2 Å². The molecule has 1 rings (SSSR count). The molecular formula is C11H14N2O4S. The SMILES string of the molecule is C=CCN(C)S(=O)(=O)c1cc(N)ccc1C(=O)O. The molecule has 6 nitrogen and oxygen atoms in total. The Balaban J connectivity index is 3.43. The summed E-state index contributed by atoms with van der Waals surface area (Å²) in [6, 6.07) is 3.65. The molecular weight excluding hydrogens is 256 g/mol. The Labute approximate surface area is 105 Å². The lowest BCUT2D eigenvalue weighted by atomic mass is 10.2. The second kappa shape index (κ2) is 5.19. The number of nitrogens with two attached hydrogens (primary N) is 1. The van der Waals surface area contributed by atoms with Crippen molar-refractivity contribution in [3.05, 3.63) is 36.4 Å². The standard InChI is InChI=1S/C11H14N2O4S/c1-3-6-13(2)18(16,17)10-7-8(12)4-5-9(10)11(14)15/h3-5,7H,1,6,12H2,2H3,(H,14,15). The fourth-order valence-corrected chi connectivity index (χ4v) is 2.73. The summed E-state index contributed by atoms with van der Waals surface area (Å²) in [4.78, 5) is 10.7. The number of rotatable bonds is 5. The minimum atomic E-state index is -3.90. The fourth-order valence-electron chi connectivity index (χ4n) is 1.38. The molecule has 0 aliphatic carbocycles. The lowest BCUT2D eigenvalue weighted by Crippen LogP contribution is -2.28. The van der Waals surface area contributed by atoms with Crippen LogP contribution < -0.4 is 5.73 Å². The highest BCUT2D eigenvalue weighted by molar-refractivity contribution is 7.89. The van der Waals surface area contributed by atoms with Gasteiger partial charge in [0.25, 0.3) is 0 Å². The molecule has 0 aliphatic heterocycles. The molecule has 0 saturated carbocycles. The minimum Gasteiger partial charge on any atom is -0.478 e. The van der Waals surface area contributed by atoms with Crippen LogP contribution in [0.15, 0.2) is 35.7 Å². The van der Waals surface area contributed by atoms with E-state index in [1.54, 1.807) is 0 Å². The van der Waals surface area contributed by atoms with Gasteiger partial charge in [0, 0.05) is 19.3 Å². The van der Waals surface area contributed by atoms with Gasteiger partial charge >= 0.3 is 5.97 Å². The Kier molecular flexibility index (Phi) is 4.10. The number of likely N-dealkylation sites (N-methyl/N-ethyl adjacent to an activating group) is 1. The molecule has 1 aromatic carbocycles. The Morgan fingerprint density at radius 3 is 2.67 bits per heavy atom. The van der Waals surface area contributed by atoms with Crippen molar-refractivity contribution < 1.29 is 18.3 Å². The average molecular weight is 270 g/mol. The summed E-state index contributed by atoms with van der Waals surface area (Å²) in [5.41, 5.74) is 5.38. The van der Waals surface area contributed by atoms with Crippen LogP contribution >= 0.6 is 0 Å². The number of carboxylic acid groups (broad SMARTS) is 1. The summed E-state index contributed by atoms with van der Waals surface area (Å²) in [5, 5.41) is 8.99. The lowest BCUT2D eigenvalue weighted by molar-refractivity contribution is 0.0692. The predicted molar refractivity (Wildman–Crippen MR) is 67.8 cm³/mol. The van der Waals surface area contributed by atoms with Crippen molar-refractivity contribution in [3.63, 3.8) is 0 Å². The molecule has 0 spiro atoms. The van der Waals surface area contributed by atoms with Crippen molar-refractivity contribution in [3.8, 4) is 0 Å². The first-order valence-electron chi connectivity index (χ1n) is 5.00. The van der Waals surface area contributed by atoms with Crippen LogP contribution in [-0.2, 0) is 10.0 Å². The Bertz CT molecular complexity index is 581. The fraction of sp³-hybridized carbons (Fsp3) is 0.182. The van der Waals surface area contributed by atoms with Gasteiger partial charge < -0.3 is 10.8 Å². The van der Waals surface area contributed by atoms with E-state index in [1.807, 2.05) is 0 Å². The smallest absolute Gasteiger partial charge is 0.337 e. The van der Waals surface area contributed by atoms with E-state index in [4.69, 9.17) is 10.8 Å². The quantitative estimate of drug-likeness (QED) is 0.608. The number of hydrogen-bond acceptors (Lipinski definition) is 4. The van der Waals surface area contributed by atoms with Crippen LogP contribution in [0.2, 0.25) is 0 Å². The molecule has 1 aromatic rings. The number of hydrogen-bond donors (Lipinski definition) is 2. The van der Waals surface area contributed by atoms with Gasteiger partial charge in [-0.15, -0.1) is 6.58 Å². The molecule has 0 fully saturated rings. The molecule has 0 amide bonds. The first-order valence-corrected chi connectivity index (χ1v) is 6.44. The molecule has 0 saturated heterocycles. The number of benzene rings is 1. The Morgan fingerprint density at radius 1 is 1.56 bits per heavy atom. The first kappa shape index (κ1) is 14.2. The minimum absolute atomic E-state index is 0.0796. The number of carboxylic acids is 1. The van der Waals surface area contributed by atoms with Gasteiger partial charge in [-0.1, -0.05) is 6.08 Å². The highest BCUT2D eigenvalue weighted by atomic mass is 32.2. The largest absolute Gasteiger partial charge is 0.478 e. The van der Waals surface area contributed by atoms with E-state index in [-0.39, 0.29) is 22.7 Å². The Hall–Kier alpha value is -1.86. The van der Waals surface area contributed by atoms with Crippen LogP contribution in [0, 0.1) is 0 Å². The highest BCUT2D eigenvalue weighted by Gasteiger charge is 2.26. The zero-order chi connectivity index (χ0) is 13.9. The van der Waals surface area contributed by atoms with Crippen molar-refractivity contribution >= 4 is 21.7 Å². The predicted octanol–water partition coefficient (Wildman–Crippen LogP) is 0.774. The van der Waals surface area contributed by atoms with Crippen LogP contribution in [-0.4, -0.2) is 37.4 Å². The lowest BCUT2D eigenvalue weighted by Gasteiger charge is -2.17. The zero-order valence-electron chi connectivity index (χ0n) is 9.83. The first-order chi connectivity index (χ1) is 8.30. The maximum absolute atomic E-state index is 12.2. The third-order valence-corrected chi connectivity index (χ3v) is 4.17. The molecule has 0 aromatic heterocycles. The van der Waals surface area contributed by atoms with E-state index in [9.17, 15) is 13.2 Å². The van der Waals surface area contributed by atoms with E-state index < -0.39 is 16.0 Å². The van der Waals surface area contributed by atoms with Crippen LogP contribution in [0.1, 0.15) is 10.4 Å². The van der Waals surface area contributed by atoms with Crippen LogP contribution in [0.4, 0.5) is 5.69 Å². The van der Waals surface area contributed by atoms with Crippen LogP contribution in [0.5, 0.6) is 0 Å². The molecule has 0 unspecified atom stereocenters. The number of nitrogens with zero attached hydrogens (tertiary/aromatic N) is 1. The average Bonchev–Trinajstić information content (AvgIpc) is 2.28. The molecule has 0 radical (unpaired) electrons. The maximum Gasteiger partial charge on any atom is 0.337 e. The van der Waals surface area contributed by atoms with Crippen molar-refractivity contribution in [2.45, 2.75) is 4.90 Å². The number of carbonyl (C=O) groups is 1. The molecule has 3 N–H and O–H groups in total. The third-order valence-electron chi connectivity index (χ3n) is 2.31. The second-order valence-corrected chi connectivity index (χ2v) is 5.65. The normalized spacial score (nSPS) is 11.4. The molecule has 0 atom stereocenters. The van der Waals surface area contributed by atoms with Crippen molar-refractivity contribution in [1.82, 2.24) is 4.31 Å². The van der Waals surface area contributed by atoms with Crippen molar-refractivity contribution in [2.75, 3.05) is 19.3 Å². The van der Waals surface area contributed by atoms with Gasteiger partial charge in [0.15, 0.2) is 0 Å². The molecule has 7 heteroatoms. The number of aromatic carboxylic acids is 1. The number of nitrogen functional groups attached to an aromatic ring is 1. The monoisotopic (exact) mass is 270 g/mol. The van der Waals surface area contributed by atoms with E-state index in [1.165, 1.54) is 25.3 Å². The maximum atomic E-state index is 12.2. The summed E-state index contributed by atoms with van der Waals surface area (Å²) >= 11 is 0. The van der Waals surface area contributed by atoms with Crippen LogP contribution in [0.3, 0.4) is 0 Å². The summed E-state index contributed by atoms with van der Waals surface area (Å²) in [5.74, 6) is -1.32. The van der Waals surface area contributed by atoms with Gasteiger partial charge in [-0.2, -0.15) is 4.31 Å². The Morgan fingerprint density at radius 2 is 2.17 bits per heavy atom. The van der Waals surface area contributed by atoms with E-state index in [0.29, 0.717) is 0 Å². The number of sulfonamides is 1. The second-order valence-electron chi connectivity index (χ2n) is 3.63. The van der Waals surface area contributed by atoms with E-state index in [0.717, 1.165) is 10.4 Å². The molecule has 0 heterocycles. The summed E-state index contributed by atoms with van der Waals surface area (Å²) < 4.78 is 25.3. The summed E-state index contributed by atoms with van der Waals surface area (Å²) in [6.45, 7) is 3.52. The van der Waals surface area contributed by atoms with Gasteiger partial charge in [0.1, 0.15) is 0 Å². The topological polar surface area (TPSA) is 101 Å². The molecule has 98 valence electrons. The van der Waals surface area contributed by atoms with Crippen molar-refractivity contribution in [1.29, 1.82) is 0 Å². The number of anilines is 1. The van der Waals surface area contributed by atoms with Gasteiger partial charge in [-0.3, -0.25) is 0 Å². The van der Waals surface area contributed by atoms with Gasteiger partial charge in [0.05, 0.1) is 10.5 Å². The molecule has 0 aliphatic rings. The molecule has 0 bridgehead atoms. The van der Waals surface area contributed by atoms with Gasteiger partial charge in [0.2, 0.25) is 10.0 Å². The van der Waals surface area contributed by atoms with Crippen molar-refractivity contribution in [2.24, 2.45) is 0 Å². The van der Waals surface area contributed by atoms with E-state index in [2.05, 4.69) is 6.58 Å². The summed E-state index contributed by atoms with van der Waals surface area (Å²) in [6.07, 6.45) is 1.41. The highest BCUT2D eigenvalue weighted by Crippen LogP contribution is 2.22. The third kappa shape index (κ3) is 2.69. The van der Waals surface area contributed by atoms with E-state index >= 15 is 0 Å². The summed E-state index contributed by atoms with van der Waals surface area (Å²) in [7, 11) is -2.56. The molecule has 18 heavy (non-hydrogen) atoms.